The summed E-state index contributed by atoms with van der Waals surface area (Å²) in [6.45, 7) is 0.458. The summed E-state index contributed by atoms with van der Waals surface area (Å²) in [5, 5.41) is 4.06. The van der Waals surface area contributed by atoms with E-state index in [1.807, 2.05) is 24.3 Å². The van der Waals surface area contributed by atoms with Crippen LogP contribution in [0.3, 0.4) is 0 Å². The fourth-order valence-corrected chi connectivity index (χ4v) is 3.09. The second-order valence-electron chi connectivity index (χ2n) is 4.49. The van der Waals surface area contributed by atoms with E-state index in [1.165, 1.54) is 11.8 Å². The van der Waals surface area contributed by atoms with Crippen LogP contribution in [0.5, 0.6) is 5.75 Å². The van der Waals surface area contributed by atoms with Crippen molar-refractivity contribution in [3.05, 3.63) is 58.1 Å². The van der Waals surface area contributed by atoms with Crippen LogP contribution in [0.2, 0.25) is 10.0 Å². The van der Waals surface area contributed by atoms with Crippen LogP contribution in [0.1, 0.15) is 5.56 Å². The molecule has 0 bridgehead atoms. The Morgan fingerprint density at radius 2 is 2.05 bits per heavy atom. The lowest BCUT2D eigenvalue weighted by Crippen LogP contribution is -2.24. The van der Waals surface area contributed by atoms with E-state index in [9.17, 15) is 4.79 Å². The summed E-state index contributed by atoms with van der Waals surface area (Å²) in [4.78, 5) is 12.7. The first kappa shape index (κ1) is 17.0. The van der Waals surface area contributed by atoms with E-state index in [0.29, 0.717) is 16.6 Å². The SMILES string of the molecule is COc1cccc(CNC(=O)CSc2cc(Cl)ccc2Cl)c1. The van der Waals surface area contributed by atoms with Crippen LogP contribution in [0, 0.1) is 0 Å². The van der Waals surface area contributed by atoms with Gasteiger partial charge in [-0.15, -0.1) is 11.8 Å². The minimum Gasteiger partial charge on any atom is -0.497 e. The molecule has 0 saturated heterocycles. The van der Waals surface area contributed by atoms with Crippen LogP contribution >= 0.6 is 35.0 Å². The molecule has 0 aliphatic carbocycles. The lowest BCUT2D eigenvalue weighted by atomic mass is 10.2. The molecular formula is C16H15Cl2NO2S. The largest absolute Gasteiger partial charge is 0.497 e. The zero-order valence-electron chi connectivity index (χ0n) is 11.9. The second kappa shape index (κ2) is 8.32. The molecule has 116 valence electrons. The highest BCUT2D eigenvalue weighted by Crippen LogP contribution is 2.29. The fourth-order valence-electron chi connectivity index (χ4n) is 1.77. The van der Waals surface area contributed by atoms with Gasteiger partial charge in [0.15, 0.2) is 0 Å². The minimum atomic E-state index is -0.0659. The topological polar surface area (TPSA) is 38.3 Å². The van der Waals surface area contributed by atoms with Crippen molar-refractivity contribution >= 4 is 40.9 Å². The van der Waals surface area contributed by atoms with Crippen molar-refractivity contribution in [3.63, 3.8) is 0 Å². The molecule has 0 aliphatic rings. The fraction of sp³-hybridized carbons (Fsp3) is 0.188. The number of amides is 1. The van der Waals surface area contributed by atoms with E-state index in [1.54, 1.807) is 25.3 Å². The molecule has 3 nitrogen and oxygen atoms in total. The molecule has 6 heteroatoms. The van der Waals surface area contributed by atoms with E-state index in [-0.39, 0.29) is 11.7 Å². The summed E-state index contributed by atoms with van der Waals surface area (Å²) in [5.41, 5.74) is 0.985. The molecule has 22 heavy (non-hydrogen) atoms. The molecule has 1 N–H and O–H groups in total. The van der Waals surface area contributed by atoms with Crippen LogP contribution in [-0.4, -0.2) is 18.8 Å². The van der Waals surface area contributed by atoms with Gasteiger partial charge in [0.2, 0.25) is 5.91 Å². The average Bonchev–Trinajstić information content (AvgIpc) is 2.54. The van der Waals surface area contributed by atoms with Gasteiger partial charge in [-0.05, 0) is 35.9 Å². The maximum atomic E-state index is 11.9. The van der Waals surface area contributed by atoms with Gasteiger partial charge in [0.1, 0.15) is 5.75 Å². The molecule has 2 aromatic carbocycles. The van der Waals surface area contributed by atoms with E-state index >= 15 is 0 Å². The number of ether oxygens (including phenoxy) is 1. The number of benzene rings is 2. The van der Waals surface area contributed by atoms with E-state index < -0.39 is 0 Å². The molecular weight excluding hydrogens is 341 g/mol. The summed E-state index contributed by atoms with van der Waals surface area (Å²) < 4.78 is 5.15. The molecule has 0 unspecified atom stereocenters. The third kappa shape index (κ3) is 5.13. The number of carbonyl (C=O) groups excluding carboxylic acids is 1. The predicted octanol–water partition coefficient (Wildman–Crippen LogP) is 4.41. The van der Waals surface area contributed by atoms with Crippen molar-refractivity contribution in [1.29, 1.82) is 0 Å². The first-order chi connectivity index (χ1) is 10.6. The molecule has 2 aromatic rings. The predicted molar refractivity (Wildman–Crippen MR) is 92.0 cm³/mol. The van der Waals surface area contributed by atoms with E-state index in [0.717, 1.165) is 16.2 Å². The number of methoxy groups -OCH3 is 1. The maximum Gasteiger partial charge on any atom is 0.230 e. The Labute approximate surface area is 144 Å². The Morgan fingerprint density at radius 3 is 2.82 bits per heavy atom. The molecule has 0 radical (unpaired) electrons. The van der Waals surface area contributed by atoms with Gasteiger partial charge in [0.25, 0.3) is 0 Å². The van der Waals surface area contributed by atoms with Crippen LogP contribution in [0.25, 0.3) is 0 Å². The normalized spacial score (nSPS) is 10.3. The van der Waals surface area contributed by atoms with Crippen LogP contribution in [0.15, 0.2) is 47.4 Å². The number of hydrogen-bond donors (Lipinski definition) is 1. The summed E-state index contributed by atoms with van der Waals surface area (Å²) in [6, 6.07) is 12.8. The van der Waals surface area contributed by atoms with Crippen molar-refractivity contribution in [3.8, 4) is 5.75 Å². The van der Waals surface area contributed by atoms with E-state index in [4.69, 9.17) is 27.9 Å². The Morgan fingerprint density at radius 1 is 1.23 bits per heavy atom. The van der Waals surface area contributed by atoms with Crippen LogP contribution in [0.4, 0.5) is 0 Å². The van der Waals surface area contributed by atoms with Gasteiger partial charge in [-0.3, -0.25) is 4.79 Å². The Hall–Kier alpha value is -1.36. The zero-order valence-corrected chi connectivity index (χ0v) is 14.3. The van der Waals surface area contributed by atoms with Gasteiger partial charge in [-0.2, -0.15) is 0 Å². The number of thioether (sulfide) groups is 1. The highest BCUT2D eigenvalue weighted by molar-refractivity contribution is 8.00. The first-order valence-corrected chi connectivity index (χ1v) is 8.30. The summed E-state index contributed by atoms with van der Waals surface area (Å²) in [5.74, 6) is 0.986. The highest BCUT2D eigenvalue weighted by atomic mass is 35.5. The molecule has 0 spiro atoms. The van der Waals surface area contributed by atoms with Gasteiger partial charge >= 0.3 is 0 Å². The molecule has 1 amide bonds. The number of halogens is 2. The number of carbonyl (C=O) groups is 1. The number of nitrogens with one attached hydrogen (secondary N) is 1. The molecule has 2 rings (SSSR count). The quantitative estimate of drug-likeness (QED) is 0.779. The summed E-state index contributed by atoms with van der Waals surface area (Å²) in [7, 11) is 1.61. The van der Waals surface area contributed by atoms with Gasteiger partial charge in [-0.25, -0.2) is 0 Å². The average molecular weight is 356 g/mol. The van der Waals surface area contributed by atoms with Crippen LogP contribution < -0.4 is 10.1 Å². The summed E-state index contributed by atoms with van der Waals surface area (Å²) >= 11 is 13.3. The number of rotatable bonds is 6. The van der Waals surface area contributed by atoms with Crippen molar-refractivity contribution < 1.29 is 9.53 Å². The van der Waals surface area contributed by atoms with Gasteiger partial charge in [-0.1, -0.05) is 35.3 Å². The van der Waals surface area contributed by atoms with Gasteiger partial charge in [0.05, 0.1) is 17.9 Å². The molecule has 0 saturated carbocycles. The Kier molecular flexibility index (Phi) is 6.43. The standard InChI is InChI=1S/C16H15Cl2NO2S/c1-21-13-4-2-3-11(7-13)9-19-16(20)10-22-15-8-12(17)5-6-14(15)18/h2-8H,9-10H2,1H3,(H,19,20). The highest BCUT2D eigenvalue weighted by Gasteiger charge is 2.07. The lowest BCUT2D eigenvalue weighted by molar-refractivity contribution is -0.118. The Bertz CT molecular complexity index is 664. The van der Waals surface area contributed by atoms with Crippen LogP contribution in [-0.2, 0) is 11.3 Å². The third-order valence-corrected chi connectivity index (χ3v) is 4.61. The lowest BCUT2D eigenvalue weighted by Gasteiger charge is -2.08. The molecule has 0 aliphatic heterocycles. The zero-order chi connectivity index (χ0) is 15.9. The molecule has 0 atom stereocenters. The van der Waals surface area contributed by atoms with Crippen molar-refractivity contribution in [2.45, 2.75) is 11.4 Å². The van der Waals surface area contributed by atoms with E-state index in [2.05, 4.69) is 5.32 Å². The molecule has 0 aromatic heterocycles. The minimum absolute atomic E-state index is 0.0659. The maximum absolute atomic E-state index is 11.9. The third-order valence-electron chi connectivity index (χ3n) is 2.88. The monoisotopic (exact) mass is 355 g/mol. The Balaban J connectivity index is 1.84. The van der Waals surface area contributed by atoms with Crippen molar-refractivity contribution in [2.24, 2.45) is 0 Å². The van der Waals surface area contributed by atoms with Crippen molar-refractivity contribution in [1.82, 2.24) is 5.32 Å². The molecule has 0 heterocycles. The second-order valence-corrected chi connectivity index (χ2v) is 6.35. The van der Waals surface area contributed by atoms with Gasteiger partial charge < -0.3 is 10.1 Å². The van der Waals surface area contributed by atoms with Gasteiger partial charge in [0, 0.05) is 16.5 Å². The first-order valence-electron chi connectivity index (χ1n) is 6.56. The number of hydrogen-bond acceptors (Lipinski definition) is 3. The smallest absolute Gasteiger partial charge is 0.230 e. The summed E-state index contributed by atoms with van der Waals surface area (Å²) in [6.07, 6.45) is 0. The molecule has 0 fully saturated rings. The van der Waals surface area contributed by atoms with Crippen molar-refractivity contribution in [2.75, 3.05) is 12.9 Å².